The standard InChI is InChI=1S/C9H6F6N6O9/c10-7(11,19(22)23)1-28-4-16-5(29-2-8(12,13)20(24)25)18-6(17-4)30-3-9(14,15)21(26)27/h1-3H2. The lowest BCUT2D eigenvalue weighted by atomic mass is 10.6. The number of nitro groups is 3. The van der Waals surface area contributed by atoms with Crippen LogP contribution in [-0.2, 0) is 0 Å². The smallest absolute Gasteiger partial charge is 0.449 e. The molecule has 0 aliphatic rings. The zero-order chi connectivity index (χ0) is 23.3. The summed E-state index contributed by atoms with van der Waals surface area (Å²) in [6, 6.07) is -18.2. The molecular formula is C9H6F6N6O9. The maximum atomic E-state index is 12.9. The predicted molar refractivity (Wildman–Crippen MR) is 72.1 cm³/mol. The second-order valence-electron chi connectivity index (χ2n) is 4.82. The van der Waals surface area contributed by atoms with E-state index in [4.69, 9.17) is 0 Å². The first-order chi connectivity index (χ1) is 13.6. The van der Waals surface area contributed by atoms with E-state index in [2.05, 4.69) is 29.2 Å². The second kappa shape index (κ2) is 8.69. The minimum atomic E-state index is -4.70. The van der Waals surface area contributed by atoms with E-state index in [1.54, 1.807) is 0 Å². The summed E-state index contributed by atoms with van der Waals surface area (Å²) < 4.78 is 89.8. The third kappa shape index (κ3) is 6.66. The van der Waals surface area contributed by atoms with Crippen molar-refractivity contribution < 1.29 is 55.3 Å². The van der Waals surface area contributed by atoms with E-state index in [-0.39, 0.29) is 0 Å². The van der Waals surface area contributed by atoms with Crippen molar-refractivity contribution in [1.29, 1.82) is 0 Å². The highest BCUT2D eigenvalue weighted by atomic mass is 19.3. The Bertz CT molecular complexity index is 709. The molecule has 0 spiro atoms. The molecule has 1 rings (SSSR count). The number of nitrogens with zero attached hydrogens (tertiary/aromatic N) is 6. The van der Waals surface area contributed by atoms with E-state index in [9.17, 15) is 56.7 Å². The molecule has 0 amide bonds. The maximum Gasteiger partial charge on any atom is 0.545 e. The average Bonchev–Trinajstić information content (AvgIpc) is 2.63. The van der Waals surface area contributed by atoms with Gasteiger partial charge < -0.3 is 14.2 Å². The molecule has 0 aliphatic heterocycles. The minimum absolute atomic E-state index is 1.37. The predicted octanol–water partition coefficient (Wildman–Crippen LogP) is 0.616. The fourth-order valence-electron chi connectivity index (χ4n) is 1.13. The molecule has 0 atom stereocenters. The van der Waals surface area contributed by atoms with Gasteiger partial charge in [0.15, 0.2) is 0 Å². The maximum absolute atomic E-state index is 12.9. The van der Waals surface area contributed by atoms with Gasteiger partial charge in [-0.15, -0.1) is 41.3 Å². The number of alkyl halides is 6. The highest BCUT2D eigenvalue weighted by Crippen LogP contribution is 2.22. The van der Waals surface area contributed by atoms with Gasteiger partial charge in [0.2, 0.25) is 19.8 Å². The van der Waals surface area contributed by atoms with Crippen LogP contribution in [0.15, 0.2) is 0 Å². The molecule has 0 aliphatic carbocycles. The molecule has 0 fully saturated rings. The fourth-order valence-corrected chi connectivity index (χ4v) is 1.13. The van der Waals surface area contributed by atoms with E-state index in [0.717, 1.165) is 0 Å². The summed E-state index contributed by atoms with van der Waals surface area (Å²) in [7, 11) is 0. The van der Waals surface area contributed by atoms with Gasteiger partial charge in [0.05, 0.1) is 14.8 Å². The Labute approximate surface area is 158 Å². The topological polar surface area (TPSA) is 196 Å². The van der Waals surface area contributed by atoms with E-state index in [1.165, 1.54) is 0 Å². The van der Waals surface area contributed by atoms with E-state index >= 15 is 0 Å². The Balaban J connectivity index is 3.09. The Morgan fingerprint density at radius 2 is 0.800 bits per heavy atom. The first-order valence-electron chi connectivity index (χ1n) is 6.78. The molecule has 15 nitrogen and oxygen atoms in total. The monoisotopic (exact) mass is 456 g/mol. The largest absolute Gasteiger partial charge is 0.545 e. The Hall–Kier alpha value is -3.81. The SMILES string of the molecule is O=[N+]([O-])C(F)(F)COc1nc(OCC(F)(F)[N+](=O)[O-])nc(OCC(F)(F)[N+](=O)[O-])n1. The fraction of sp³-hybridized carbons (Fsp3) is 0.667. The molecule has 168 valence electrons. The van der Waals surface area contributed by atoms with Crippen molar-refractivity contribution >= 4 is 0 Å². The Morgan fingerprint density at radius 3 is 0.967 bits per heavy atom. The van der Waals surface area contributed by atoms with Crippen molar-refractivity contribution in [1.82, 2.24) is 15.0 Å². The summed E-state index contributed by atoms with van der Waals surface area (Å²) in [5, 5.41) is 30.3. The number of hydrogen-bond acceptors (Lipinski definition) is 12. The molecule has 0 N–H and O–H groups in total. The number of ether oxygens (including phenoxy) is 3. The zero-order valence-corrected chi connectivity index (χ0v) is 13.7. The molecule has 1 aromatic heterocycles. The first-order valence-corrected chi connectivity index (χ1v) is 6.78. The lowest BCUT2D eigenvalue weighted by Crippen LogP contribution is -2.36. The molecule has 0 saturated carbocycles. The average molecular weight is 456 g/mol. The summed E-state index contributed by atoms with van der Waals surface area (Å²) in [6.45, 7) is -6.13. The third-order valence-corrected chi connectivity index (χ3v) is 2.50. The van der Waals surface area contributed by atoms with Crippen LogP contribution >= 0.6 is 0 Å². The van der Waals surface area contributed by atoms with Gasteiger partial charge in [-0.05, 0) is 0 Å². The van der Waals surface area contributed by atoms with Crippen molar-refractivity contribution in [2.24, 2.45) is 0 Å². The third-order valence-electron chi connectivity index (χ3n) is 2.50. The van der Waals surface area contributed by atoms with Crippen LogP contribution in [0.3, 0.4) is 0 Å². The lowest BCUT2D eigenvalue weighted by Gasteiger charge is -2.12. The van der Waals surface area contributed by atoms with Crippen molar-refractivity contribution in [2.45, 2.75) is 18.1 Å². The number of hydrogen-bond donors (Lipinski definition) is 0. The molecule has 1 aromatic rings. The molecular weight excluding hydrogens is 450 g/mol. The number of halogens is 6. The van der Waals surface area contributed by atoms with Crippen molar-refractivity contribution in [3.63, 3.8) is 0 Å². The normalized spacial score (nSPS) is 12.2. The van der Waals surface area contributed by atoms with Gasteiger partial charge >= 0.3 is 36.2 Å². The van der Waals surface area contributed by atoms with Gasteiger partial charge in [-0.25, -0.2) is 0 Å². The summed E-state index contributed by atoms with van der Waals surface area (Å²) >= 11 is 0. The van der Waals surface area contributed by atoms with Crippen LogP contribution < -0.4 is 14.2 Å². The molecule has 0 aromatic carbocycles. The van der Waals surface area contributed by atoms with Crippen LogP contribution in [0.2, 0.25) is 0 Å². The molecule has 0 radical (unpaired) electrons. The van der Waals surface area contributed by atoms with Crippen molar-refractivity contribution in [2.75, 3.05) is 19.8 Å². The van der Waals surface area contributed by atoms with E-state index in [1.807, 2.05) is 0 Å². The molecule has 0 unspecified atom stereocenters. The number of rotatable bonds is 12. The van der Waals surface area contributed by atoms with Crippen molar-refractivity contribution in [3.8, 4) is 18.0 Å². The van der Waals surface area contributed by atoms with Crippen LogP contribution in [0.25, 0.3) is 0 Å². The van der Waals surface area contributed by atoms with Gasteiger partial charge in [-0.1, -0.05) is 0 Å². The first kappa shape index (κ1) is 24.2. The zero-order valence-electron chi connectivity index (χ0n) is 13.7. The van der Waals surface area contributed by atoms with Crippen LogP contribution in [0, 0.1) is 30.3 Å². The quantitative estimate of drug-likeness (QED) is 0.184. The van der Waals surface area contributed by atoms with Gasteiger partial charge in [-0.3, -0.25) is 30.3 Å². The molecule has 0 saturated heterocycles. The van der Waals surface area contributed by atoms with Gasteiger partial charge in [-0.2, -0.15) is 0 Å². The highest BCUT2D eigenvalue weighted by Gasteiger charge is 2.47. The lowest BCUT2D eigenvalue weighted by molar-refractivity contribution is -0.646. The Kier molecular flexibility index (Phi) is 7.02. The summed E-state index contributed by atoms with van der Waals surface area (Å²) in [5.74, 6) is 0. The van der Waals surface area contributed by atoms with Gasteiger partial charge in [0.1, 0.15) is 0 Å². The van der Waals surface area contributed by atoms with Crippen LogP contribution in [0.4, 0.5) is 26.3 Å². The Morgan fingerprint density at radius 1 is 0.600 bits per heavy atom. The van der Waals surface area contributed by atoms with Gasteiger partial charge in [0, 0.05) is 0 Å². The molecule has 0 bridgehead atoms. The van der Waals surface area contributed by atoms with E-state index in [0.29, 0.717) is 0 Å². The van der Waals surface area contributed by atoms with Crippen LogP contribution in [0.5, 0.6) is 18.0 Å². The summed E-state index contributed by atoms with van der Waals surface area (Å²) in [5.41, 5.74) is 0. The van der Waals surface area contributed by atoms with Crippen molar-refractivity contribution in [3.05, 3.63) is 30.3 Å². The molecule has 1 heterocycles. The van der Waals surface area contributed by atoms with Crippen LogP contribution in [-0.4, -0.2) is 67.7 Å². The minimum Gasteiger partial charge on any atom is -0.449 e. The highest BCUT2D eigenvalue weighted by molar-refractivity contribution is 5.09. The molecule has 21 heteroatoms. The molecule has 30 heavy (non-hydrogen) atoms. The van der Waals surface area contributed by atoms with Gasteiger partial charge in [0.25, 0.3) is 0 Å². The van der Waals surface area contributed by atoms with E-state index < -0.39 is 70.8 Å². The summed E-state index contributed by atoms with van der Waals surface area (Å²) in [6.07, 6.45) is 0. The second-order valence-corrected chi connectivity index (χ2v) is 4.82. The number of aromatic nitrogens is 3. The van der Waals surface area contributed by atoms with Crippen LogP contribution in [0.1, 0.15) is 0 Å². The summed E-state index contributed by atoms with van der Waals surface area (Å²) in [4.78, 5) is 32.9.